The van der Waals surface area contributed by atoms with Crippen LogP contribution in [0.2, 0.25) is 0 Å². The van der Waals surface area contributed by atoms with Gasteiger partial charge in [0.15, 0.2) is 5.82 Å². The van der Waals surface area contributed by atoms with Gasteiger partial charge in [0.2, 0.25) is 5.91 Å². The van der Waals surface area contributed by atoms with Crippen LogP contribution in [0.5, 0.6) is 5.75 Å². The van der Waals surface area contributed by atoms with Crippen LogP contribution in [0.4, 0.5) is 0 Å². The number of H-pyrrole nitrogens is 1. The highest BCUT2D eigenvalue weighted by Gasteiger charge is 2.30. The number of ether oxygens (including phenoxy) is 1. The van der Waals surface area contributed by atoms with Crippen molar-refractivity contribution < 1.29 is 9.53 Å². The molecule has 3 aromatic carbocycles. The lowest BCUT2D eigenvalue weighted by atomic mass is 10.0. The second-order valence-electron chi connectivity index (χ2n) is 10.3. The first-order chi connectivity index (χ1) is 18.8. The Balaban J connectivity index is 1.60. The van der Waals surface area contributed by atoms with Crippen LogP contribution in [0.15, 0.2) is 85.1 Å². The quantitative estimate of drug-likeness (QED) is 0.249. The van der Waals surface area contributed by atoms with Crippen molar-refractivity contribution in [2.45, 2.75) is 44.8 Å². The predicted molar refractivity (Wildman–Crippen MR) is 153 cm³/mol. The third kappa shape index (κ3) is 5.86. The summed E-state index contributed by atoms with van der Waals surface area (Å²) in [6.07, 6.45) is 3.10. The van der Waals surface area contributed by atoms with E-state index < -0.39 is 11.6 Å². The Hall–Kier alpha value is -4.43. The van der Waals surface area contributed by atoms with Crippen LogP contribution in [0.1, 0.15) is 48.2 Å². The van der Waals surface area contributed by atoms with E-state index in [1.54, 1.807) is 21.0 Å². The van der Waals surface area contributed by atoms with E-state index in [1.807, 2.05) is 66.9 Å². The molecule has 0 spiro atoms. The molecule has 1 amide bonds. The largest absolute Gasteiger partial charge is 0.496 e. The van der Waals surface area contributed by atoms with Gasteiger partial charge in [0.05, 0.1) is 25.2 Å². The van der Waals surface area contributed by atoms with E-state index in [2.05, 4.69) is 43.3 Å². The number of aromatic nitrogens is 4. The molecular formula is C31H34N6O2. The van der Waals surface area contributed by atoms with E-state index >= 15 is 0 Å². The average molecular weight is 523 g/mol. The first-order valence-electron chi connectivity index (χ1n) is 13.1. The number of nitrogens with two attached hydrogens (primary N) is 1. The second-order valence-corrected chi connectivity index (χ2v) is 10.3. The van der Waals surface area contributed by atoms with Gasteiger partial charge in [-0.25, -0.2) is 0 Å². The number of fused-ring (bicyclic) bond motifs is 1. The summed E-state index contributed by atoms with van der Waals surface area (Å²) >= 11 is 0. The molecule has 0 saturated heterocycles. The fourth-order valence-corrected chi connectivity index (χ4v) is 4.76. The first kappa shape index (κ1) is 26.2. The summed E-state index contributed by atoms with van der Waals surface area (Å²) in [6.45, 7) is 3.89. The molecule has 1 unspecified atom stereocenters. The molecule has 0 aliphatic heterocycles. The SMILES string of the molecule is COc1ccccc1Cn1c(Cc2ccccc2)nnc1C(Cc1c[nH]c2ccccc12)NC(=O)C(C)(C)N. The standard InChI is InChI=1S/C31H34N6O2/c1-31(2,32)30(38)34-26(18-23-19-33-25-15-9-8-14-24(23)25)29-36-35-28(17-21-11-5-4-6-12-21)37(29)20-22-13-7-10-16-27(22)39-3/h4-16,19,26,33H,17-18,20,32H2,1-3H3,(H,34,38). The van der Waals surface area contributed by atoms with Crippen LogP contribution in [0.25, 0.3) is 10.9 Å². The van der Waals surface area contributed by atoms with Crippen molar-refractivity contribution in [1.29, 1.82) is 0 Å². The molecule has 0 aliphatic carbocycles. The summed E-state index contributed by atoms with van der Waals surface area (Å²) in [5, 5.41) is 13.6. The Kier molecular flexibility index (Phi) is 7.47. The van der Waals surface area contributed by atoms with Crippen LogP contribution in [-0.4, -0.2) is 38.3 Å². The predicted octanol–water partition coefficient (Wildman–Crippen LogP) is 4.54. The minimum absolute atomic E-state index is 0.260. The molecule has 39 heavy (non-hydrogen) atoms. The third-order valence-corrected chi connectivity index (χ3v) is 6.88. The van der Waals surface area contributed by atoms with Gasteiger partial charge in [0, 0.05) is 35.5 Å². The Labute approximate surface area is 228 Å². The Morgan fingerprint density at radius 2 is 1.72 bits per heavy atom. The van der Waals surface area contributed by atoms with Crippen molar-refractivity contribution in [3.8, 4) is 5.75 Å². The third-order valence-electron chi connectivity index (χ3n) is 6.88. The number of nitrogens with zero attached hydrogens (tertiary/aromatic N) is 3. The highest BCUT2D eigenvalue weighted by Crippen LogP contribution is 2.27. The lowest BCUT2D eigenvalue weighted by Gasteiger charge is -2.25. The number of methoxy groups -OCH3 is 1. The van der Waals surface area contributed by atoms with E-state index in [9.17, 15) is 4.79 Å². The van der Waals surface area contributed by atoms with Crippen LogP contribution >= 0.6 is 0 Å². The number of hydrogen-bond donors (Lipinski definition) is 3. The molecule has 0 saturated carbocycles. The smallest absolute Gasteiger partial charge is 0.240 e. The fraction of sp³-hybridized carbons (Fsp3) is 0.258. The molecular weight excluding hydrogens is 488 g/mol. The number of rotatable bonds is 10. The maximum absolute atomic E-state index is 13.2. The second kappa shape index (κ2) is 11.1. The number of benzene rings is 3. The van der Waals surface area contributed by atoms with E-state index in [4.69, 9.17) is 10.5 Å². The summed E-state index contributed by atoms with van der Waals surface area (Å²) < 4.78 is 7.74. The zero-order chi connectivity index (χ0) is 27.4. The number of nitrogens with one attached hydrogen (secondary N) is 2. The molecule has 5 aromatic rings. The molecule has 200 valence electrons. The maximum atomic E-state index is 13.2. The van der Waals surface area contributed by atoms with Crippen molar-refractivity contribution in [1.82, 2.24) is 25.1 Å². The lowest BCUT2D eigenvalue weighted by molar-refractivity contribution is -0.126. The molecule has 5 rings (SSSR count). The van der Waals surface area contributed by atoms with Crippen molar-refractivity contribution in [2.75, 3.05) is 7.11 Å². The molecule has 8 heteroatoms. The number of carbonyl (C=O) groups excluding carboxylic acids is 1. The van der Waals surface area contributed by atoms with Gasteiger partial charge in [-0.1, -0.05) is 66.7 Å². The maximum Gasteiger partial charge on any atom is 0.240 e. The van der Waals surface area contributed by atoms with Crippen molar-refractivity contribution in [2.24, 2.45) is 5.73 Å². The van der Waals surface area contributed by atoms with E-state index in [0.29, 0.717) is 25.2 Å². The highest BCUT2D eigenvalue weighted by atomic mass is 16.5. The van der Waals surface area contributed by atoms with Gasteiger partial charge in [0.25, 0.3) is 0 Å². The lowest BCUT2D eigenvalue weighted by Crippen LogP contribution is -2.50. The first-order valence-corrected chi connectivity index (χ1v) is 13.1. The molecule has 2 aromatic heterocycles. The summed E-state index contributed by atoms with van der Waals surface area (Å²) in [5.41, 5.74) is 9.37. The van der Waals surface area contributed by atoms with Gasteiger partial charge in [-0.15, -0.1) is 10.2 Å². The molecule has 0 bridgehead atoms. The van der Waals surface area contributed by atoms with Crippen molar-refractivity contribution in [3.63, 3.8) is 0 Å². The summed E-state index contributed by atoms with van der Waals surface area (Å²) in [4.78, 5) is 16.5. The zero-order valence-corrected chi connectivity index (χ0v) is 22.5. The zero-order valence-electron chi connectivity index (χ0n) is 22.5. The number of carbonyl (C=O) groups is 1. The van der Waals surface area contributed by atoms with E-state index in [-0.39, 0.29) is 5.91 Å². The van der Waals surface area contributed by atoms with Gasteiger partial charge in [0.1, 0.15) is 11.6 Å². The van der Waals surface area contributed by atoms with Crippen LogP contribution in [-0.2, 0) is 24.2 Å². The van der Waals surface area contributed by atoms with Gasteiger partial charge in [-0.05, 0) is 37.1 Å². The van der Waals surface area contributed by atoms with Crippen LogP contribution < -0.4 is 15.8 Å². The number of amides is 1. The van der Waals surface area contributed by atoms with Gasteiger partial charge in [-0.3, -0.25) is 4.79 Å². The minimum atomic E-state index is -1.06. The summed E-state index contributed by atoms with van der Waals surface area (Å²) in [6, 6.07) is 25.7. The van der Waals surface area contributed by atoms with Gasteiger partial charge in [-0.2, -0.15) is 0 Å². The number of aromatic amines is 1. The number of para-hydroxylation sites is 2. The van der Waals surface area contributed by atoms with Gasteiger partial charge >= 0.3 is 0 Å². The van der Waals surface area contributed by atoms with Gasteiger partial charge < -0.3 is 25.3 Å². The van der Waals surface area contributed by atoms with E-state index in [1.165, 1.54) is 0 Å². The summed E-state index contributed by atoms with van der Waals surface area (Å²) in [5.74, 6) is 1.98. The fourth-order valence-electron chi connectivity index (χ4n) is 4.76. The van der Waals surface area contributed by atoms with Crippen LogP contribution in [0, 0.1) is 0 Å². The minimum Gasteiger partial charge on any atom is -0.496 e. The topological polar surface area (TPSA) is 111 Å². The molecule has 2 heterocycles. The Bertz CT molecular complexity index is 1570. The van der Waals surface area contributed by atoms with Crippen molar-refractivity contribution in [3.05, 3.63) is 113 Å². The molecule has 0 radical (unpaired) electrons. The molecule has 8 nitrogen and oxygen atoms in total. The van der Waals surface area contributed by atoms with Crippen LogP contribution in [0.3, 0.4) is 0 Å². The monoisotopic (exact) mass is 522 g/mol. The molecule has 4 N–H and O–H groups in total. The molecule has 1 atom stereocenters. The molecule has 0 fully saturated rings. The molecule has 0 aliphatic rings. The highest BCUT2D eigenvalue weighted by molar-refractivity contribution is 5.86. The normalized spacial score (nSPS) is 12.4. The Morgan fingerprint density at radius 3 is 2.49 bits per heavy atom. The number of hydrogen-bond acceptors (Lipinski definition) is 5. The van der Waals surface area contributed by atoms with E-state index in [0.717, 1.165) is 39.2 Å². The van der Waals surface area contributed by atoms with Crippen molar-refractivity contribution >= 4 is 16.8 Å². The summed E-state index contributed by atoms with van der Waals surface area (Å²) in [7, 11) is 1.67. The average Bonchev–Trinajstić information content (AvgIpc) is 3.52. The Morgan fingerprint density at radius 1 is 1.00 bits per heavy atom.